The van der Waals surface area contributed by atoms with Crippen LogP contribution < -0.4 is 18.3 Å². The second-order valence-corrected chi connectivity index (χ2v) is 45.4. The Bertz CT molecular complexity index is 7890. The quantitative estimate of drug-likeness (QED) is 0.112. The lowest BCUT2D eigenvalue weighted by atomic mass is 9.75. The standard InChI is InChI=1S/C37H40N.C35H38N.C32H32NO.C32H32NS/c1-25-15-17-30-31-18-16-28(22-35(31)37(34(30)21-25)19-9-10-20-37)32-23-36(29-14-8-7-11-26(29)2)38(3)24-33(32)27-12-5-4-6-13-27;1-23-15-17-28-29-18-16-26(20-33(29)35(3,4)32(28)19-23)30-21-34(27-14-10-9-11-24(27)2)36(5)22-31(30)25-12-7-6-8-13-25;1-21-13-15-26-27-16-14-24(18-32(27)34-31(26)17-21)28-19-30(25-12-8-7-9-22(25)2)33(3)20-29(28)23-10-5-4-6-11-23;1-21-9-7-8-12-26(21)30-19-29(22(2)20-33(30)3)25-14-16-28-27-15-13-24(23-10-5-4-6-11-23)17-31(27)34-32(28)18-25/h7-8,11,14-18,21-24,27H,4-6,9-10,12-13,19-20H2,1-3H3;9-11,14-22,25H,6-8,12-13H2,1-5H3;2*7-9,12-20,23H,4-6,10-11H2,1-3H3/q4*+1. The van der Waals surface area contributed by atoms with E-state index in [0.29, 0.717) is 17.8 Å². The molecular weight excluding hydrogens is 1740 g/mol. The fourth-order valence-electron chi connectivity index (χ4n) is 26.6. The number of aromatic nitrogens is 4. The van der Waals surface area contributed by atoms with Crippen LogP contribution in [-0.4, -0.2) is 0 Å². The van der Waals surface area contributed by atoms with Crippen molar-refractivity contribution in [1.29, 1.82) is 0 Å². The van der Waals surface area contributed by atoms with Crippen LogP contribution in [0.25, 0.3) is 154 Å². The van der Waals surface area contributed by atoms with Crippen LogP contribution in [0.5, 0.6) is 0 Å². The van der Waals surface area contributed by atoms with Gasteiger partial charge in [0.15, 0.2) is 24.8 Å². The SMILES string of the molecule is Cc1c[n+](C)c(-c2ccccc2C)cc1-c1ccc2c(c1)sc1cc(C3CCCCC3)ccc12.Cc1ccc2c(c1)C(C)(C)c1cc(-c3cc(-c4ccccc4C)[n+](C)cc3C3CCCCC3)ccc1-2.Cc1ccc2c(c1)C1(CCCC1)c1cc(-c3cc(-c4ccccc4C)[n+](C)cc3C3CCCCC3)ccc1-2.Cc1ccc2c(c1)oc1cc(-c3cc(-c4ccccc4C)[n+](C)cc3C3CCCCC3)ccc12. The molecule has 6 heterocycles. The summed E-state index contributed by atoms with van der Waals surface area (Å²) < 4.78 is 18.5. The average molecular weight is 1880 g/mol. The lowest BCUT2D eigenvalue weighted by molar-refractivity contribution is -0.660. The molecule has 5 saturated carbocycles. The highest BCUT2D eigenvalue weighted by Crippen LogP contribution is 2.59. The van der Waals surface area contributed by atoms with E-state index in [0.717, 1.165) is 17.1 Å². The van der Waals surface area contributed by atoms with Crippen LogP contribution in [0.15, 0.2) is 296 Å². The first-order valence-corrected chi connectivity index (χ1v) is 54.7. The van der Waals surface area contributed by atoms with Crippen molar-refractivity contribution in [2.45, 2.75) is 258 Å². The van der Waals surface area contributed by atoms with Gasteiger partial charge in [0.1, 0.15) is 39.4 Å². The molecule has 6 aromatic heterocycles. The number of aryl methyl sites for hydroxylation is 12. The summed E-state index contributed by atoms with van der Waals surface area (Å²) in [5.41, 5.74) is 51.9. The van der Waals surface area contributed by atoms with Gasteiger partial charge in [0.05, 0.1) is 0 Å². The maximum absolute atomic E-state index is 6.33. The number of thiophene rings is 1. The Labute approximate surface area is 848 Å². The number of furan rings is 1. The van der Waals surface area contributed by atoms with Gasteiger partial charge in [0.25, 0.3) is 0 Å². The van der Waals surface area contributed by atoms with Crippen LogP contribution in [-0.2, 0) is 39.0 Å². The molecule has 714 valence electrons. The largest absolute Gasteiger partial charge is 0.456 e. The van der Waals surface area contributed by atoms with E-state index in [4.69, 9.17) is 4.42 Å². The fraction of sp³-hybridized carbons (Fsp3) is 0.324. The van der Waals surface area contributed by atoms with Gasteiger partial charge in [0.2, 0.25) is 22.8 Å². The van der Waals surface area contributed by atoms with Gasteiger partial charge < -0.3 is 4.42 Å². The lowest BCUT2D eigenvalue weighted by Crippen LogP contribution is -2.32. The minimum atomic E-state index is 0.00991. The van der Waals surface area contributed by atoms with Crippen molar-refractivity contribution in [1.82, 2.24) is 0 Å². The Kier molecular flexibility index (Phi) is 26.2. The van der Waals surface area contributed by atoms with Gasteiger partial charge in [-0.25, -0.2) is 18.3 Å². The zero-order valence-electron chi connectivity index (χ0n) is 86.6. The number of hydrogen-bond donors (Lipinski definition) is 0. The van der Waals surface area contributed by atoms with Crippen LogP contribution >= 0.6 is 11.3 Å². The fourth-order valence-corrected chi connectivity index (χ4v) is 27.8. The Hall–Kier alpha value is -12.7. The molecule has 0 aliphatic heterocycles. The minimum Gasteiger partial charge on any atom is -0.456 e. The van der Waals surface area contributed by atoms with Crippen LogP contribution in [0.2, 0.25) is 0 Å². The molecule has 1 spiro atoms. The summed E-state index contributed by atoms with van der Waals surface area (Å²) >= 11 is 1.96. The first kappa shape index (κ1) is 94.2. The molecule has 0 radical (unpaired) electrons. The van der Waals surface area contributed by atoms with Crippen molar-refractivity contribution in [2.75, 3.05) is 0 Å². The molecule has 6 heteroatoms. The number of hydrogen-bond acceptors (Lipinski definition) is 2. The third-order valence-corrected chi connectivity index (χ3v) is 35.6. The van der Waals surface area contributed by atoms with E-state index < -0.39 is 0 Å². The van der Waals surface area contributed by atoms with E-state index in [1.165, 1.54) is 364 Å². The third kappa shape index (κ3) is 17.9. The molecule has 0 atom stereocenters. The van der Waals surface area contributed by atoms with Gasteiger partial charge in [-0.15, -0.1) is 11.3 Å². The van der Waals surface area contributed by atoms with E-state index in [1.807, 2.05) is 11.3 Å². The molecule has 5 fully saturated rings. The summed E-state index contributed by atoms with van der Waals surface area (Å²) in [6, 6.07) is 101. The Morgan fingerprint density at radius 3 is 1.04 bits per heavy atom. The normalized spacial score (nSPS) is 16.1. The number of nitrogens with zero attached hydrogens (tertiary/aromatic N) is 4. The highest BCUT2D eigenvalue weighted by atomic mass is 32.1. The molecule has 0 bridgehead atoms. The van der Waals surface area contributed by atoms with Crippen molar-refractivity contribution < 1.29 is 22.7 Å². The number of fused-ring (bicyclic) bond motifs is 14. The topological polar surface area (TPSA) is 28.7 Å². The van der Waals surface area contributed by atoms with Crippen molar-refractivity contribution in [2.24, 2.45) is 28.2 Å². The van der Waals surface area contributed by atoms with E-state index in [-0.39, 0.29) is 10.8 Å². The summed E-state index contributed by atoms with van der Waals surface area (Å²) in [5, 5.41) is 5.18. The predicted molar refractivity (Wildman–Crippen MR) is 598 cm³/mol. The van der Waals surface area contributed by atoms with Crippen molar-refractivity contribution in [3.8, 4) is 112 Å². The second-order valence-electron chi connectivity index (χ2n) is 44.3. The monoisotopic (exact) mass is 1880 g/mol. The molecule has 12 aromatic carbocycles. The maximum Gasteiger partial charge on any atom is 0.213 e. The van der Waals surface area contributed by atoms with Crippen LogP contribution in [0.3, 0.4) is 0 Å². The summed E-state index contributed by atoms with van der Waals surface area (Å²) in [5.74, 6) is 2.68. The molecule has 18 aromatic rings. The van der Waals surface area contributed by atoms with Gasteiger partial charge in [0, 0.05) is 111 Å². The zero-order chi connectivity index (χ0) is 97.3. The molecule has 0 N–H and O–H groups in total. The van der Waals surface area contributed by atoms with Crippen molar-refractivity contribution in [3.05, 3.63) is 381 Å². The highest BCUT2D eigenvalue weighted by molar-refractivity contribution is 7.25. The lowest BCUT2D eigenvalue weighted by Gasteiger charge is -2.28. The van der Waals surface area contributed by atoms with Gasteiger partial charge >= 0.3 is 0 Å². The van der Waals surface area contributed by atoms with Crippen molar-refractivity contribution in [3.63, 3.8) is 0 Å². The van der Waals surface area contributed by atoms with Gasteiger partial charge in [-0.05, 0) is 332 Å². The van der Waals surface area contributed by atoms with Gasteiger partial charge in [-0.2, -0.15) is 0 Å². The Morgan fingerprint density at radius 2 is 0.577 bits per heavy atom. The third-order valence-electron chi connectivity index (χ3n) is 34.5. The molecule has 0 unspecified atom stereocenters. The average Bonchev–Trinajstić information content (AvgIpc) is 1.54. The van der Waals surface area contributed by atoms with Crippen LogP contribution in [0.4, 0.5) is 0 Å². The molecule has 0 amide bonds. The highest BCUT2D eigenvalue weighted by Gasteiger charge is 2.46. The van der Waals surface area contributed by atoms with E-state index in [9.17, 15) is 0 Å². The van der Waals surface area contributed by atoms with E-state index in [2.05, 4.69) is 407 Å². The van der Waals surface area contributed by atoms with E-state index >= 15 is 0 Å². The Balaban J connectivity index is 0.000000109. The smallest absolute Gasteiger partial charge is 0.213 e. The first-order chi connectivity index (χ1) is 69.1. The second kappa shape index (κ2) is 39.5. The molecule has 7 aliphatic carbocycles. The molecule has 5 nitrogen and oxygen atoms in total. The van der Waals surface area contributed by atoms with Gasteiger partial charge in [-0.3, -0.25) is 0 Å². The number of rotatable bonds is 12. The molecular formula is C136H142N4OS+4. The minimum absolute atomic E-state index is 0.00991. The number of pyridine rings is 4. The predicted octanol–water partition coefficient (Wildman–Crippen LogP) is 35.5. The van der Waals surface area contributed by atoms with Crippen LogP contribution in [0, 0.1) is 55.4 Å². The summed E-state index contributed by atoms with van der Waals surface area (Å²) in [6.45, 7) is 22.5. The summed E-state index contributed by atoms with van der Waals surface area (Å²) in [7, 11) is 8.82. The first-order valence-electron chi connectivity index (χ1n) is 53.8. The van der Waals surface area contributed by atoms with Gasteiger partial charge in [-0.1, -0.05) is 291 Å². The molecule has 25 rings (SSSR count). The van der Waals surface area contributed by atoms with Crippen molar-refractivity contribution >= 4 is 53.4 Å². The summed E-state index contributed by atoms with van der Waals surface area (Å²) in [6.07, 6.45) is 41.7. The van der Waals surface area contributed by atoms with Crippen LogP contribution in [0.1, 0.15) is 281 Å². The zero-order valence-corrected chi connectivity index (χ0v) is 87.4. The maximum atomic E-state index is 6.33. The summed E-state index contributed by atoms with van der Waals surface area (Å²) in [4.78, 5) is 0. The Morgan fingerprint density at radius 1 is 0.254 bits per heavy atom. The molecule has 0 saturated heterocycles. The molecule has 142 heavy (non-hydrogen) atoms. The molecule has 7 aliphatic rings. The van der Waals surface area contributed by atoms with E-state index in [1.54, 1.807) is 22.3 Å². The number of benzene rings is 12.